The van der Waals surface area contributed by atoms with Crippen molar-refractivity contribution in [1.29, 1.82) is 0 Å². The molecule has 0 aliphatic carbocycles. The first-order valence-electron chi connectivity index (χ1n) is 4.54. The zero-order valence-corrected chi connectivity index (χ0v) is 9.84. The van der Waals surface area contributed by atoms with Gasteiger partial charge in [-0.3, -0.25) is 0 Å². The third-order valence-corrected chi connectivity index (χ3v) is 2.38. The van der Waals surface area contributed by atoms with Crippen LogP contribution in [0, 0.1) is 5.92 Å². The Morgan fingerprint density at radius 1 is 1.46 bits per heavy atom. The maximum absolute atomic E-state index is 10.1. The van der Waals surface area contributed by atoms with Crippen molar-refractivity contribution in [3.05, 3.63) is 0 Å². The summed E-state index contributed by atoms with van der Waals surface area (Å²) in [6.07, 6.45) is 4.38. The van der Waals surface area contributed by atoms with Crippen LogP contribution in [0.4, 0.5) is 0 Å². The summed E-state index contributed by atoms with van der Waals surface area (Å²) >= 11 is 0. The summed E-state index contributed by atoms with van der Waals surface area (Å²) in [5.74, 6) is 0.410. The molecule has 0 spiro atoms. The van der Waals surface area contributed by atoms with Crippen molar-refractivity contribution in [2.45, 2.75) is 39.5 Å². The minimum atomic E-state index is -2.96. The minimum absolute atomic E-state index is 0. The van der Waals surface area contributed by atoms with Crippen LogP contribution in [0.25, 0.3) is 0 Å². The largest absolute Gasteiger partial charge is 1.00 e. The summed E-state index contributed by atoms with van der Waals surface area (Å²) in [4.78, 5) is 10.1. The molecule has 0 saturated carbocycles. The number of hydrogen-bond acceptors (Lipinski definition) is 3. The molecule has 0 bridgehead atoms. The molecule has 0 rings (SSSR count). The Morgan fingerprint density at radius 2 is 2.08 bits per heavy atom. The van der Waals surface area contributed by atoms with Crippen LogP contribution in [0.2, 0.25) is 0 Å². The van der Waals surface area contributed by atoms with Gasteiger partial charge in [0.05, 0.1) is 0 Å². The quantitative estimate of drug-likeness (QED) is 0.442. The number of unbranched alkanes of at least 4 members (excludes halogenated alkanes) is 1. The standard InChI is InChI=1S/C8H17O3Si.Li/c1-3-5-6-8(4-2)7-11-12(9)10;/h8H,3-7H2,1-2H3;/q-1;+1. The third kappa shape index (κ3) is 10.1. The second kappa shape index (κ2) is 10.3. The fourth-order valence-corrected chi connectivity index (χ4v) is 1.46. The Bertz CT molecular complexity index is 133. The summed E-state index contributed by atoms with van der Waals surface area (Å²) in [5, 5.41) is 0. The molecule has 0 aromatic carbocycles. The maximum Gasteiger partial charge on any atom is 1.00 e. The van der Waals surface area contributed by atoms with Crippen LogP contribution in [-0.4, -0.2) is 15.8 Å². The Labute approximate surface area is 94.0 Å². The average Bonchev–Trinajstić information content (AvgIpc) is 2.05. The zero-order valence-electron chi connectivity index (χ0n) is 8.84. The molecule has 3 nitrogen and oxygen atoms in total. The first kappa shape index (κ1) is 15.7. The SMILES string of the molecule is CCCCC(CC)CO[Si](=O)[O-].[Li+]. The van der Waals surface area contributed by atoms with Gasteiger partial charge in [-0.1, -0.05) is 33.1 Å². The van der Waals surface area contributed by atoms with Gasteiger partial charge in [-0.25, -0.2) is 0 Å². The molecule has 0 aliphatic heterocycles. The molecule has 0 N–H and O–H groups in total. The molecule has 5 heteroatoms. The summed E-state index contributed by atoms with van der Waals surface area (Å²) in [5.41, 5.74) is 0. The van der Waals surface area contributed by atoms with Gasteiger partial charge in [0.2, 0.25) is 0 Å². The first-order valence-corrected chi connectivity index (χ1v) is 5.76. The van der Waals surface area contributed by atoms with Gasteiger partial charge in [-0.15, -0.1) is 0 Å². The van der Waals surface area contributed by atoms with E-state index in [1.807, 2.05) is 0 Å². The van der Waals surface area contributed by atoms with Gasteiger partial charge >= 0.3 is 28.0 Å². The van der Waals surface area contributed by atoms with Crippen LogP contribution in [-0.2, 0) is 8.89 Å². The van der Waals surface area contributed by atoms with Crippen molar-refractivity contribution in [1.82, 2.24) is 0 Å². The van der Waals surface area contributed by atoms with Gasteiger partial charge in [0.25, 0.3) is 0 Å². The van der Waals surface area contributed by atoms with E-state index in [2.05, 4.69) is 18.3 Å². The molecule has 0 fully saturated rings. The van der Waals surface area contributed by atoms with Crippen molar-refractivity contribution in [2.75, 3.05) is 6.61 Å². The Balaban J connectivity index is 0. The van der Waals surface area contributed by atoms with E-state index in [0.717, 1.165) is 25.7 Å². The summed E-state index contributed by atoms with van der Waals surface area (Å²) < 4.78 is 14.7. The molecule has 0 amide bonds. The molecule has 0 saturated heterocycles. The van der Waals surface area contributed by atoms with Crippen molar-refractivity contribution in [3.8, 4) is 0 Å². The van der Waals surface area contributed by atoms with Gasteiger partial charge in [0.15, 0.2) is 0 Å². The van der Waals surface area contributed by atoms with Crippen LogP contribution >= 0.6 is 0 Å². The van der Waals surface area contributed by atoms with Crippen LogP contribution < -0.4 is 23.7 Å². The first-order chi connectivity index (χ1) is 5.70. The van der Waals surface area contributed by atoms with Crippen molar-refractivity contribution >= 4 is 9.17 Å². The fourth-order valence-electron chi connectivity index (χ4n) is 1.08. The molecule has 13 heavy (non-hydrogen) atoms. The Hall–Kier alpha value is 0.214. The summed E-state index contributed by atoms with van der Waals surface area (Å²) in [6, 6.07) is 0. The average molecular weight is 196 g/mol. The predicted octanol–water partition coefficient (Wildman–Crippen LogP) is -2.00. The van der Waals surface area contributed by atoms with Crippen LogP contribution in [0.3, 0.4) is 0 Å². The van der Waals surface area contributed by atoms with Crippen molar-refractivity contribution in [2.24, 2.45) is 5.92 Å². The molecular formula is C8H17LiO3Si. The van der Waals surface area contributed by atoms with Crippen LogP contribution in [0.1, 0.15) is 39.5 Å². The van der Waals surface area contributed by atoms with Crippen molar-refractivity contribution < 1.29 is 32.5 Å². The van der Waals surface area contributed by atoms with Gasteiger partial charge in [-0.05, 0) is 12.3 Å². The zero-order chi connectivity index (χ0) is 9.40. The fraction of sp³-hybridized carbons (Fsp3) is 1.00. The molecular weight excluding hydrogens is 179 g/mol. The smallest absolute Gasteiger partial charge is 0.588 e. The van der Waals surface area contributed by atoms with Gasteiger partial charge < -0.3 is 13.7 Å². The topological polar surface area (TPSA) is 49.4 Å². The molecule has 0 aliphatic rings. The van der Waals surface area contributed by atoms with Gasteiger partial charge in [-0.2, -0.15) is 0 Å². The van der Waals surface area contributed by atoms with Crippen molar-refractivity contribution in [3.63, 3.8) is 0 Å². The van der Waals surface area contributed by atoms with Crippen LogP contribution in [0.5, 0.6) is 0 Å². The molecule has 0 radical (unpaired) electrons. The minimum Gasteiger partial charge on any atom is -0.588 e. The van der Waals surface area contributed by atoms with E-state index in [0.29, 0.717) is 12.5 Å². The molecule has 0 aromatic rings. The van der Waals surface area contributed by atoms with E-state index in [1.54, 1.807) is 0 Å². The van der Waals surface area contributed by atoms with Gasteiger partial charge in [0.1, 0.15) is 0 Å². The summed E-state index contributed by atoms with van der Waals surface area (Å²) in [6.45, 7) is 4.56. The van der Waals surface area contributed by atoms with Gasteiger partial charge in [0, 0.05) is 6.61 Å². The number of rotatable bonds is 7. The third-order valence-electron chi connectivity index (χ3n) is 1.98. The Kier molecular flexibility index (Phi) is 12.4. The maximum atomic E-state index is 10.1. The van der Waals surface area contributed by atoms with E-state index in [9.17, 15) is 9.26 Å². The monoisotopic (exact) mass is 196 g/mol. The molecule has 0 heterocycles. The molecule has 72 valence electrons. The van der Waals surface area contributed by atoms with Crippen LogP contribution in [0.15, 0.2) is 0 Å². The van der Waals surface area contributed by atoms with E-state index in [-0.39, 0.29) is 18.9 Å². The second-order valence-corrected chi connectivity index (χ2v) is 3.77. The van der Waals surface area contributed by atoms with E-state index >= 15 is 0 Å². The predicted molar refractivity (Wildman–Crippen MR) is 45.7 cm³/mol. The van der Waals surface area contributed by atoms with E-state index in [1.165, 1.54) is 0 Å². The molecule has 1 atom stereocenters. The van der Waals surface area contributed by atoms with E-state index < -0.39 is 9.17 Å². The van der Waals surface area contributed by atoms with E-state index in [4.69, 9.17) is 0 Å². The Morgan fingerprint density at radius 3 is 2.46 bits per heavy atom. The molecule has 1 unspecified atom stereocenters. The normalized spacial score (nSPS) is 11.5. The number of hydrogen-bond donors (Lipinski definition) is 0. The molecule has 0 aromatic heterocycles. The summed E-state index contributed by atoms with van der Waals surface area (Å²) in [7, 11) is -2.96. The second-order valence-electron chi connectivity index (χ2n) is 2.98.